The van der Waals surface area contributed by atoms with Crippen molar-refractivity contribution in [2.45, 2.75) is 71.1 Å². The second-order valence-electron chi connectivity index (χ2n) is 8.20. The van der Waals surface area contributed by atoms with Crippen molar-refractivity contribution in [3.05, 3.63) is 42.0 Å². The van der Waals surface area contributed by atoms with Crippen molar-refractivity contribution in [2.75, 3.05) is 0 Å². The molecule has 1 saturated carbocycles. The van der Waals surface area contributed by atoms with E-state index in [1.54, 1.807) is 27.0 Å². The van der Waals surface area contributed by atoms with E-state index in [0.717, 1.165) is 24.0 Å². The van der Waals surface area contributed by atoms with Crippen molar-refractivity contribution in [1.82, 2.24) is 15.1 Å². The van der Waals surface area contributed by atoms with Gasteiger partial charge in [0, 0.05) is 18.3 Å². The van der Waals surface area contributed by atoms with Gasteiger partial charge in [0.2, 0.25) is 0 Å². The van der Waals surface area contributed by atoms with Gasteiger partial charge in [-0.1, -0.05) is 19.3 Å². The van der Waals surface area contributed by atoms with E-state index in [2.05, 4.69) is 10.4 Å². The van der Waals surface area contributed by atoms with Gasteiger partial charge in [-0.25, -0.2) is 9.18 Å². The van der Waals surface area contributed by atoms with Gasteiger partial charge >= 0.3 is 6.09 Å². The van der Waals surface area contributed by atoms with E-state index in [4.69, 9.17) is 4.74 Å². The third-order valence-electron chi connectivity index (χ3n) is 4.68. The molecule has 0 saturated heterocycles. The Hall–Kier alpha value is -2.37. The van der Waals surface area contributed by atoms with Crippen molar-refractivity contribution in [2.24, 2.45) is 0 Å². The Labute approximate surface area is 159 Å². The Kier molecular flexibility index (Phi) is 5.82. The van der Waals surface area contributed by atoms with E-state index in [1.807, 2.05) is 16.9 Å². The molecule has 1 aromatic heterocycles. The highest BCUT2D eigenvalue weighted by molar-refractivity contribution is 5.68. The number of hydrogen-bond acceptors (Lipinski definition) is 3. The maximum Gasteiger partial charge on any atom is 0.407 e. The summed E-state index contributed by atoms with van der Waals surface area (Å²) in [4.78, 5) is 11.8. The highest BCUT2D eigenvalue weighted by atomic mass is 19.1. The fourth-order valence-electron chi connectivity index (χ4n) is 3.44. The summed E-state index contributed by atoms with van der Waals surface area (Å²) in [7, 11) is 0. The highest BCUT2D eigenvalue weighted by Gasteiger charge is 2.18. The van der Waals surface area contributed by atoms with E-state index in [0.29, 0.717) is 11.6 Å². The zero-order chi connectivity index (χ0) is 19.4. The van der Waals surface area contributed by atoms with Gasteiger partial charge in [-0.15, -0.1) is 0 Å². The van der Waals surface area contributed by atoms with Crippen LogP contribution in [0, 0.1) is 5.82 Å². The predicted octanol–water partition coefficient (Wildman–Crippen LogP) is 5.22. The summed E-state index contributed by atoms with van der Waals surface area (Å²) >= 11 is 0. The largest absolute Gasteiger partial charge is 0.444 e. The summed E-state index contributed by atoms with van der Waals surface area (Å²) in [6, 6.07) is 5.24. The molecule has 1 N–H and O–H groups in total. The molecule has 1 heterocycles. The van der Waals surface area contributed by atoms with Crippen LogP contribution in [0.5, 0.6) is 0 Å². The van der Waals surface area contributed by atoms with Crippen molar-refractivity contribution in [3.63, 3.8) is 0 Å². The normalized spacial score (nSPS) is 15.6. The first-order valence-electron chi connectivity index (χ1n) is 9.61. The number of carbonyl (C=O) groups excluding carboxylic acids is 1. The second kappa shape index (κ2) is 8.11. The van der Waals surface area contributed by atoms with Crippen LogP contribution in [0.2, 0.25) is 0 Å². The summed E-state index contributed by atoms with van der Waals surface area (Å²) in [6.45, 7) is 5.61. The average molecular weight is 373 g/mol. The fourth-order valence-corrected chi connectivity index (χ4v) is 3.44. The van der Waals surface area contributed by atoms with Crippen molar-refractivity contribution >= 4 is 6.09 Å². The maximum absolute atomic E-state index is 14.1. The molecule has 1 aliphatic rings. The van der Waals surface area contributed by atoms with E-state index < -0.39 is 11.7 Å². The Morgan fingerprint density at radius 1 is 1.22 bits per heavy atom. The summed E-state index contributed by atoms with van der Waals surface area (Å²) in [5.41, 5.74) is 1.77. The summed E-state index contributed by atoms with van der Waals surface area (Å²) in [5, 5.41) is 7.16. The Morgan fingerprint density at radius 3 is 2.67 bits per heavy atom. The number of nitrogens with zero attached hydrogens (tertiary/aromatic N) is 2. The molecule has 27 heavy (non-hydrogen) atoms. The molecule has 0 atom stereocenters. The van der Waals surface area contributed by atoms with Crippen molar-refractivity contribution in [3.8, 4) is 11.1 Å². The molecule has 0 spiro atoms. The first kappa shape index (κ1) is 19.4. The minimum absolute atomic E-state index is 0.205. The fraction of sp³-hybridized carbons (Fsp3) is 0.524. The number of amides is 1. The van der Waals surface area contributed by atoms with Gasteiger partial charge in [0.1, 0.15) is 11.4 Å². The first-order chi connectivity index (χ1) is 12.8. The molecule has 1 aliphatic carbocycles. The lowest BCUT2D eigenvalue weighted by atomic mass is 9.96. The van der Waals surface area contributed by atoms with Crippen LogP contribution >= 0.6 is 0 Å². The predicted molar refractivity (Wildman–Crippen MR) is 103 cm³/mol. The van der Waals surface area contributed by atoms with E-state index in [9.17, 15) is 9.18 Å². The lowest BCUT2D eigenvalue weighted by molar-refractivity contribution is 0.0523. The van der Waals surface area contributed by atoms with E-state index in [1.165, 1.54) is 31.4 Å². The molecule has 0 radical (unpaired) electrons. The Bertz CT molecular complexity index is 789. The summed E-state index contributed by atoms with van der Waals surface area (Å²) in [5.74, 6) is -0.334. The maximum atomic E-state index is 14.1. The summed E-state index contributed by atoms with van der Waals surface area (Å²) in [6.07, 6.45) is 9.33. The number of halogens is 1. The second-order valence-corrected chi connectivity index (χ2v) is 8.20. The third kappa shape index (κ3) is 5.55. The summed E-state index contributed by atoms with van der Waals surface area (Å²) < 4.78 is 21.3. The van der Waals surface area contributed by atoms with Crippen LogP contribution in [0.1, 0.15) is 64.5 Å². The number of alkyl carbamates (subject to hydrolysis) is 1. The molecule has 0 bridgehead atoms. The topological polar surface area (TPSA) is 56.1 Å². The van der Waals surface area contributed by atoms with Crippen LogP contribution in [0.25, 0.3) is 11.1 Å². The van der Waals surface area contributed by atoms with Gasteiger partial charge in [0.25, 0.3) is 0 Å². The van der Waals surface area contributed by atoms with E-state index in [-0.39, 0.29) is 12.4 Å². The zero-order valence-corrected chi connectivity index (χ0v) is 16.3. The molecule has 0 unspecified atom stereocenters. The monoisotopic (exact) mass is 373 g/mol. The molecule has 3 rings (SSSR count). The van der Waals surface area contributed by atoms with Crippen molar-refractivity contribution < 1.29 is 13.9 Å². The third-order valence-corrected chi connectivity index (χ3v) is 4.68. The molecule has 146 valence electrons. The molecule has 0 aliphatic heterocycles. The number of rotatable bonds is 4. The molecular formula is C21H28FN3O2. The minimum atomic E-state index is -0.565. The van der Waals surface area contributed by atoms with Crippen LogP contribution in [0.15, 0.2) is 30.6 Å². The number of nitrogens with one attached hydrogen (secondary N) is 1. The Balaban J connectivity index is 1.70. The van der Waals surface area contributed by atoms with Gasteiger partial charge in [-0.2, -0.15) is 5.10 Å². The SMILES string of the molecule is CC(C)(C)OC(=O)NCc1cc(F)cc(-c2cnn(C3CCCCC3)c2)c1. The molecular weight excluding hydrogens is 345 g/mol. The van der Waals surface area contributed by atoms with Crippen LogP contribution in [0.3, 0.4) is 0 Å². The van der Waals surface area contributed by atoms with E-state index >= 15 is 0 Å². The van der Waals surface area contributed by atoms with Crippen LogP contribution in [-0.4, -0.2) is 21.5 Å². The highest BCUT2D eigenvalue weighted by Crippen LogP contribution is 2.29. The molecule has 6 heteroatoms. The van der Waals surface area contributed by atoms with Gasteiger partial charge in [-0.3, -0.25) is 4.68 Å². The van der Waals surface area contributed by atoms with Crippen LogP contribution in [-0.2, 0) is 11.3 Å². The number of benzene rings is 1. The molecule has 1 fully saturated rings. The number of aromatic nitrogens is 2. The average Bonchev–Trinajstić information content (AvgIpc) is 3.09. The van der Waals surface area contributed by atoms with Gasteiger partial charge in [-0.05, 0) is 62.9 Å². The number of carbonyl (C=O) groups is 1. The molecule has 1 aromatic carbocycles. The zero-order valence-electron chi connectivity index (χ0n) is 16.3. The number of ether oxygens (including phenoxy) is 1. The smallest absolute Gasteiger partial charge is 0.407 e. The van der Waals surface area contributed by atoms with Gasteiger partial charge < -0.3 is 10.1 Å². The lowest BCUT2D eigenvalue weighted by Gasteiger charge is -2.21. The Morgan fingerprint density at radius 2 is 1.96 bits per heavy atom. The van der Waals surface area contributed by atoms with Gasteiger partial charge in [0.05, 0.1) is 12.2 Å². The quantitative estimate of drug-likeness (QED) is 0.799. The van der Waals surface area contributed by atoms with Crippen LogP contribution in [0.4, 0.5) is 9.18 Å². The first-order valence-corrected chi connectivity index (χ1v) is 9.61. The minimum Gasteiger partial charge on any atom is -0.444 e. The van der Waals surface area contributed by atoms with Crippen LogP contribution < -0.4 is 5.32 Å². The van der Waals surface area contributed by atoms with Gasteiger partial charge in [0.15, 0.2) is 0 Å². The van der Waals surface area contributed by atoms with Crippen molar-refractivity contribution in [1.29, 1.82) is 0 Å². The molecule has 1 amide bonds. The number of hydrogen-bond donors (Lipinski definition) is 1. The molecule has 2 aromatic rings. The standard InChI is InChI=1S/C21H28FN3O2/c1-21(2,3)27-20(26)23-12-15-9-16(11-18(22)10-15)17-13-24-25(14-17)19-7-5-4-6-8-19/h9-11,13-14,19H,4-8,12H2,1-3H3,(H,23,26). The lowest BCUT2D eigenvalue weighted by Crippen LogP contribution is -2.32. The molecule has 5 nitrogen and oxygen atoms in total.